The summed E-state index contributed by atoms with van der Waals surface area (Å²) in [5.74, 6) is -0.0337. The fourth-order valence-electron chi connectivity index (χ4n) is 6.71. The largest absolute Gasteiger partial charge is 0.394 e. The molecule has 0 aromatic carbocycles. The molecule has 3 N–H and O–H groups in total. The number of hydrogen-bond donors (Lipinski definition) is 3. The van der Waals surface area contributed by atoms with Gasteiger partial charge in [-0.05, 0) is 38.5 Å². The first kappa shape index (κ1) is 46.1. The summed E-state index contributed by atoms with van der Waals surface area (Å²) in [7, 11) is 0. The van der Waals surface area contributed by atoms with Crippen LogP contribution in [0, 0.1) is 0 Å². The van der Waals surface area contributed by atoms with E-state index in [0.29, 0.717) is 12.8 Å². The molecule has 0 rings (SSSR count). The second kappa shape index (κ2) is 39.6. The predicted molar refractivity (Wildman–Crippen MR) is 207 cm³/mol. The SMILES string of the molecule is CCCCCCCC/C=C\CCCCCCCCCC(=O)NC(CO)C(O)CCCCCCCCCCCCCCCCCCCC. The summed E-state index contributed by atoms with van der Waals surface area (Å²) < 4.78 is 0. The zero-order valence-electron chi connectivity index (χ0n) is 32.1. The third-order valence-corrected chi connectivity index (χ3v) is 10.0. The van der Waals surface area contributed by atoms with Crippen molar-refractivity contribution < 1.29 is 15.0 Å². The standard InChI is InChI=1S/C43H85NO3/c1-3-5-7-9-11-13-15-17-19-21-23-24-26-28-30-32-34-36-38-42(46)41(40-45)44-43(47)39-37-35-33-31-29-27-25-22-20-18-16-14-12-10-8-6-4-2/h18,20,41-42,45-46H,3-17,19,21-40H2,1-2H3,(H,44,47)/b20-18-. The molecule has 0 radical (unpaired) electrons. The van der Waals surface area contributed by atoms with Gasteiger partial charge in [0.2, 0.25) is 5.91 Å². The van der Waals surface area contributed by atoms with Crippen molar-refractivity contribution in [3.63, 3.8) is 0 Å². The van der Waals surface area contributed by atoms with Gasteiger partial charge in [0, 0.05) is 6.42 Å². The number of amides is 1. The van der Waals surface area contributed by atoms with Crippen molar-refractivity contribution in [2.45, 2.75) is 251 Å². The number of carbonyl (C=O) groups excluding carboxylic acids is 1. The molecule has 0 fully saturated rings. The van der Waals surface area contributed by atoms with Gasteiger partial charge in [0.05, 0.1) is 18.8 Å². The number of aliphatic hydroxyl groups excluding tert-OH is 2. The molecular formula is C43H85NO3. The topological polar surface area (TPSA) is 69.6 Å². The van der Waals surface area contributed by atoms with E-state index in [9.17, 15) is 15.0 Å². The summed E-state index contributed by atoms with van der Waals surface area (Å²) in [5.41, 5.74) is 0. The summed E-state index contributed by atoms with van der Waals surface area (Å²) in [6.45, 7) is 4.37. The summed E-state index contributed by atoms with van der Waals surface area (Å²) in [5, 5.41) is 23.2. The molecule has 280 valence electrons. The molecule has 4 nitrogen and oxygen atoms in total. The van der Waals surface area contributed by atoms with Crippen LogP contribution in [-0.2, 0) is 4.79 Å². The fraction of sp³-hybridized carbons (Fsp3) is 0.930. The molecule has 0 saturated heterocycles. The van der Waals surface area contributed by atoms with Gasteiger partial charge in [-0.2, -0.15) is 0 Å². The molecule has 0 aliphatic carbocycles. The third-order valence-electron chi connectivity index (χ3n) is 10.0. The van der Waals surface area contributed by atoms with Crippen LogP contribution in [-0.4, -0.2) is 34.9 Å². The van der Waals surface area contributed by atoms with E-state index in [1.54, 1.807) is 0 Å². The van der Waals surface area contributed by atoms with Gasteiger partial charge in [-0.15, -0.1) is 0 Å². The lowest BCUT2D eigenvalue weighted by molar-refractivity contribution is -0.123. The molecule has 4 heteroatoms. The van der Waals surface area contributed by atoms with Crippen molar-refractivity contribution in [3.05, 3.63) is 12.2 Å². The van der Waals surface area contributed by atoms with Crippen LogP contribution in [0.15, 0.2) is 12.2 Å². The maximum atomic E-state index is 12.4. The lowest BCUT2D eigenvalue weighted by Crippen LogP contribution is -2.45. The van der Waals surface area contributed by atoms with Gasteiger partial charge in [-0.1, -0.05) is 206 Å². The van der Waals surface area contributed by atoms with E-state index in [-0.39, 0.29) is 12.5 Å². The van der Waals surface area contributed by atoms with E-state index in [4.69, 9.17) is 0 Å². The van der Waals surface area contributed by atoms with Crippen molar-refractivity contribution in [2.75, 3.05) is 6.61 Å². The molecule has 0 saturated carbocycles. The van der Waals surface area contributed by atoms with Crippen LogP contribution in [0.25, 0.3) is 0 Å². The van der Waals surface area contributed by atoms with E-state index in [2.05, 4.69) is 31.3 Å². The Bertz CT molecular complexity index is 637. The second-order valence-corrected chi connectivity index (χ2v) is 14.8. The van der Waals surface area contributed by atoms with Crippen molar-refractivity contribution in [1.82, 2.24) is 5.32 Å². The van der Waals surface area contributed by atoms with E-state index in [1.807, 2.05) is 0 Å². The van der Waals surface area contributed by atoms with Crippen molar-refractivity contribution in [2.24, 2.45) is 0 Å². The van der Waals surface area contributed by atoms with Crippen LogP contribution in [0.3, 0.4) is 0 Å². The van der Waals surface area contributed by atoms with Crippen LogP contribution >= 0.6 is 0 Å². The second-order valence-electron chi connectivity index (χ2n) is 14.8. The Morgan fingerprint density at radius 1 is 0.489 bits per heavy atom. The maximum Gasteiger partial charge on any atom is 0.220 e. The first-order chi connectivity index (χ1) is 23.2. The molecule has 0 aliphatic heterocycles. The van der Waals surface area contributed by atoms with Crippen LogP contribution in [0.4, 0.5) is 0 Å². The summed E-state index contributed by atoms with van der Waals surface area (Å²) >= 11 is 0. The molecule has 0 heterocycles. The Morgan fingerprint density at radius 2 is 0.809 bits per heavy atom. The Kier molecular flexibility index (Phi) is 38.8. The first-order valence-corrected chi connectivity index (χ1v) is 21.4. The first-order valence-electron chi connectivity index (χ1n) is 21.4. The minimum atomic E-state index is -0.657. The molecule has 0 aliphatic rings. The molecule has 0 aromatic heterocycles. The number of carbonyl (C=O) groups is 1. The predicted octanol–water partition coefficient (Wildman–Crippen LogP) is 13.1. The molecule has 47 heavy (non-hydrogen) atoms. The zero-order chi connectivity index (χ0) is 34.3. The monoisotopic (exact) mass is 664 g/mol. The Balaban J connectivity index is 3.51. The normalized spacial score (nSPS) is 13.0. The van der Waals surface area contributed by atoms with Gasteiger partial charge < -0.3 is 15.5 Å². The molecule has 0 bridgehead atoms. The zero-order valence-corrected chi connectivity index (χ0v) is 32.1. The summed E-state index contributed by atoms with van der Waals surface area (Å²) in [6.07, 6.45) is 48.5. The number of hydrogen-bond acceptors (Lipinski definition) is 3. The van der Waals surface area contributed by atoms with E-state index < -0.39 is 12.1 Å². The molecule has 0 spiro atoms. The third kappa shape index (κ3) is 36.2. The van der Waals surface area contributed by atoms with Gasteiger partial charge >= 0.3 is 0 Å². The van der Waals surface area contributed by atoms with Crippen molar-refractivity contribution in [1.29, 1.82) is 0 Å². The number of rotatable bonds is 39. The van der Waals surface area contributed by atoms with Crippen LogP contribution < -0.4 is 5.32 Å². The molecule has 2 unspecified atom stereocenters. The van der Waals surface area contributed by atoms with E-state index in [0.717, 1.165) is 25.7 Å². The van der Waals surface area contributed by atoms with Gasteiger partial charge in [0.1, 0.15) is 0 Å². The quantitative estimate of drug-likeness (QED) is 0.0453. The van der Waals surface area contributed by atoms with Gasteiger partial charge in [-0.25, -0.2) is 0 Å². The Morgan fingerprint density at radius 3 is 1.17 bits per heavy atom. The van der Waals surface area contributed by atoms with Gasteiger partial charge in [0.15, 0.2) is 0 Å². The van der Waals surface area contributed by atoms with E-state index in [1.165, 1.54) is 186 Å². The molecule has 0 aromatic rings. The van der Waals surface area contributed by atoms with Crippen molar-refractivity contribution in [3.8, 4) is 0 Å². The van der Waals surface area contributed by atoms with Gasteiger partial charge in [0.25, 0.3) is 0 Å². The Hall–Kier alpha value is -0.870. The van der Waals surface area contributed by atoms with Crippen LogP contribution in [0.2, 0.25) is 0 Å². The van der Waals surface area contributed by atoms with Crippen LogP contribution in [0.5, 0.6) is 0 Å². The molecular weight excluding hydrogens is 578 g/mol. The van der Waals surface area contributed by atoms with Crippen LogP contribution in [0.1, 0.15) is 239 Å². The highest BCUT2D eigenvalue weighted by atomic mass is 16.3. The lowest BCUT2D eigenvalue weighted by Gasteiger charge is -2.22. The molecule has 1 amide bonds. The molecule has 2 atom stereocenters. The Labute approximate surface area is 295 Å². The minimum absolute atomic E-state index is 0.0337. The van der Waals surface area contributed by atoms with Gasteiger partial charge in [-0.3, -0.25) is 4.79 Å². The van der Waals surface area contributed by atoms with E-state index >= 15 is 0 Å². The number of nitrogens with one attached hydrogen (secondary N) is 1. The number of allylic oxidation sites excluding steroid dienone is 2. The smallest absolute Gasteiger partial charge is 0.220 e. The fourth-order valence-corrected chi connectivity index (χ4v) is 6.71. The highest BCUT2D eigenvalue weighted by Crippen LogP contribution is 2.16. The average Bonchev–Trinajstić information content (AvgIpc) is 3.07. The number of aliphatic hydroxyl groups is 2. The summed E-state index contributed by atoms with van der Waals surface area (Å²) in [4.78, 5) is 12.4. The number of unbranched alkanes of at least 4 members (excludes halogenated alkanes) is 30. The lowest BCUT2D eigenvalue weighted by atomic mass is 10.0. The minimum Gasteiger partial charge on any atom is -0.394 e. The highest BCUT2D eigenvalue weighted by molar-refractivity contribution is 5.76. The van der Waals surface area contributed by atoms with Crippen molar-refractivity contribution >= 4 is 5.91 Å². The maximum absolute atomic E-state index is 12.4. The highest BCUT2D eigenvalue weighted by Gasteiger charge is 2.20. The average molecular weight is 664 g/mol. The summed E-state index contributed by atoms with van der Waals surface area (Å²) in [6, 6.07) is -0.534.